The van der Waals surface area contributed by atoms with Crippen molar-refractivity contribution in [3.05, 3.63) is 54.1 Å². The first-order valence-electron chi connectivity index (χ1n) is 7.50. The van der Waals surface area contributed by atoms with Gasteiger partial charge in [0.05, 0.1) is 11.0 Å². The average molecular weight is 293 g/mol. The molecule has 3 rings (SSSR count). The number of rotatable bonds is 5. The summed E-state index contributed by atoms with van der Waals surface area (Å²) in [7, 11) is 1.91. The molecular weight excluding hydrogens is 274 g/mol. The molecule has 0 unspecified atom stereocenters. The number of amides is 1. The van der Waals surface area contributed by atoms with Crippen molar-refractivity contribution in [3.63, 3.8) is 0 Å². The first-order chi connectivity index (χ1) is 10.8. The van der Waals surface area contributed by atoms with Crippen molar-refractivity contribution in [1.82, 2.24) is 15.6 Å². The Bertz CT molecular complexity index is 814. The number of hydrogen-bond donors (Lipinski definition) is 2. The molecule has 0 atom stereocenters. The maximum Gasteiger partial charge on any atom is 0.251 e. The van der Waals surface area contributed by atoms with Crippen LogP contribution in [0.4, 0.5) is 0 Å². The average Bonchev–Trinajstić information content (AvgIpc) is 2.56. The Morgan fingerprint density at radius 3 is 2.68 bits per heavy atom. The highest BCUT2D eigenvalue weighted by Crippen LogP contribution is 2.20. The number of carbonyl (C=O) groups excluding carboxylic acids is 1. The maximum atomic E-state index is 12.2. The minimum Gasteiger partial charge on any atom is -0.352 e. The molecule has 3 aromatic rings. The fourth-order valence-corrected chi connectivity index (χ4v) is 2.49. The molecule has 0 aliphatic carbocycles. The summed E-state index contributed by atoms with van der Waals surface area (Å²) >= 11 is 0. The predicted octanol–water partition coefficient (Wildman–Crippen LogP) is 2.73. The topological polar surface area (TPSA) is 54.0 Å². The quantitative estimate of drug-likeness (QED) is 0.562. The normalized spacial score (nSPS) is 11.0. The highest BCUT2D eigenvalue weighted by molar-refractivity contribution is 6.00. The van der Waals surface area contributed by atoms with E-state index in [1.807, 2.05) is 49.5 Å². The molecule has 2 aromatic carbocycles. The van der Waals surface area contributed by atoms with Crippen LogP contribution in [-0.4, -0.2) is 31.0 Å². The van der Waals surface area contributed by atoms with Crippen molar-refractivity contribution in [1.29, 1.82) is 0 Å². The summed E-state index contributed by atoms with van der Waals surface area (Å²) in [5.41, 5.74) is 2.55. The van der Waals surface area contributed by atoms with Gasteiger partial charge >= 0.3 is 0 Å². The van der Waals surface area contributed by atoms with Crippen LogP contribution in [0.2, 0.25) is 0 Å². The Kier molecular flexibility index (Phi) is 4.30. The molecule has 0 spiro atoms. The monoisotopic (exact) mass is 293 g/mol. The van der Waals surface area contributed by atoms with Crippen LogP contribution in [0.5, 0.6) is 0 Å². The van der Waals surface area contributed by atoms with Gasteiger partial charge in [-0.1, -0.05) is 18.2 Å². The fourth-order valence-electron chi connectivity index (χ4n) is 2.49. The summed E-state index contributed by atoms with van der Waals surface area (Å²) in [5.74, 6) is -0.0360. The third-order valence-corrected chi connectivity index (χ3v) is 3.67. The first kappa shape index (κ1) is 14.5. The molecule has 4 heteroatoms. The Hall–Kier alpha value is -2.46. The van der Waals surface area contributed by atoms with Crippen LogP contribution < -0.4 is 10.6 Å². The van der Waals surface area contributed by atoms with Crippen molar-refractivity contribution >= 4 is 27.7 Å². The van der Waals surface area contributed by atoms with Gasteiger partial charge in [0.2, 0.25) is 0 Å². The second kappa shape index (κ2) is 6.54. The van der Waals surface area contributed by atoms with E-state index in [4.69, 9.17) is 0 Å². The number of pyridine rings is 1. The summed E-state index contributed by atoms with van der Waals surface area (Å²) < 4.78 is 0. The number of nitrogens with one attached hydrogen (secondary N) is 2. The van der Waals surface area contributed by atoms with Crippen LogP contribution in [0.1, 0.15) is 16.8 Å². The van der Waals surface area contributed by atoms with Crippen LogP contribution in [0, 0.1) is 0 Å². The second-order valence-corrected chi connectivity index (χ2v) is 5.30. The lowest BCUT2D eigenvalue weighted by molar-refractivity contribution is 0.0953. The minimum atomic E-state index is -0.0360. The standard InChI is InChI=1S/C18H19N3O/c1-19-9-4-10-20-18(22)14-7-8-17-15(12-14)11-13-5-2-3-6-16(13)21-17/h2-3,5-8,11-12,19H,4,9-10H2,1H3,(H,20,22). The van der Waals surface area contributed by atoms with Crippen molar-refractivity contribution < 1.29 is 4.79 Å². The molecule has 1 aromatic heterocycles. The molecule has 2 N–H and O–H groups in total. The zero-order valence-electron chi connectivity index (χ0n) is 12.6. The van der Waals surface area contributed by atoms with Gasteiger partial charge in [0.15, 0.2) is 0 Å². The highest BCUT2D eigenvalue weighted by atomic mass is 16.1. The fraction of sp³-hybridized carbons (Fsp3) is 0.222. The van der Waals surface area contributed by atoms with Crippen molar-refractivity contribution in [3.8, 4) is 0 Å². The summed E-state index contributed by atoms with van der Waals surface area (Å²) in [6.07, 6.45) is 0.919. The number of aromatic nitrogens is 1. The minimum absolute atomic E-state index is 0.0360. The van der Waals surface area contributed by atoms with Gasteiger partial charge in [-0.15, -0.1) is 0 Å². The van der Waals surface area contributed by atoms with E-state index in [1.165, 1.54) is 0 Å². The zero-order chi connectivity index (χ0) is 15.4. The third-order valence-electron chi connectivity index (χ3n) is 3.67. The van der Waals surface area contributed by atoms with E-state index in [-0.39, 0.29) is 5.91 Å². The predicted molar refractivity (Wildman–Crippen MR) is 90.1 cm³/mol. The van der Waals surface area contributed by atoms with Gasteiger partial charge < -0.3 is 10.6 Å². The summed E-state index contributed by atoms with van der Waals surface area (Å²) in [6.45, 7) is 1.57. The SMILES string of the molecule is CNCCCNC(=O)c1ccc2nc3ccccc3cc2c1. The largest absolute Gasteiger partial charge is 0.352 e. The summed E-state index contributed by atoms with van der Waals surface area (Å²) in [5, 5.41) is 8.07. The van der Waals surface area contributed by atoms with Gasteiger partial charge in [-0.3, -0.25) is 4.79 Å². The Labute approximate surface area is 129 Å². The van der Waals surface area contributed by atoms with Gasteiger partial charge in [-0.2, -0.15) is 0 Å². The molecule has 22 heavy (non-hydrogen) atoms. The number of benzene rings is 2. The molecule has 0 fully saturated rings. The maximum absolute atomic E-state index is 12.2. The molecule has 0 saturated carbocycles. The van der Waals surface area contributed by atoms with E-state index in [9.17, 15) is 4.79 Å². The lowest BCUT2D eigenvalue weighted by atomic mass is 10.1. The van der Waals surface area contributed by atoms with Crippen LogP contribution in [-0.2, 0) is 0 Å². The van der Waals surface area contributed by atoms with E-state index in [2.05, 4.69) is 21.7 Å². The molecular formula is C18H19N3O. The highest BCUT2D eigenvalue weighted by Gasteiger charge is 2.07. The number of hydrogen-bond acceptors (Lipinski definition) is 3. The molecule has 0 bridgehead atoms. The number of carbonyl (C=O) groups is 1. The van der Waals surface area contributed by atoms with Crippen LogP contribution >= 0.6 is 0 Å². The van der Waals surface area contributed by atoms with Crippen LogP contribution in [0.15, 0.2) is 48.5 Å². The first-order valence-corrected chi connectivity index (χ1v) is 7.50. The van der Waals surface area contributed by atoms with Gasteiger partial charge in [0.1, 0.15) is 0 Å². The molecule has 0 saturated heterocycles. The number of fused-ring (bicyclic) bond motifs is 2. The third kappa shape index (κ3) is 3.07. The molecule has 1 heterocycles. The Morgan fingerprint density at radius 2 is 1.82 bits per heavy atom. The van der Waals surface area contributed by atoms with Gasteiger partial charge in [0.25, 0.3) is 5.91 Å². The van der Waals surface area contributed by atoms with Gasteiger partial charge in [-0.25, -0.2) is 4.98 Å². The van der Waals surface area contributed by atoms with E-state index < -0.39 is 0 Å². The lowest BCUT2D eigenvalue weighted by Crippen LogP contribution is -2.26. The summed E-state index contributed by atoms with van der Waals surface area (Å²) in [4.78, 5) is 16.8. The molecule has 0 aliphatic rings. The molecule has 4 nitrogen and oxygen atoms in total. The van der Waals surface area contributed by atoms with E-state index in [0.29, 0.717) is 12.1 Å². The van der Waals surface area contributed by atoms with Crippen molar-refractivity contribution in [2.45, 2.75) is 6.42 Å². The van der Waals surface area contributed by atoms with Crippen LogP contribution in [0.3, 0.4) is 0 Å². The smallest absolute Gasteiger partial charge is 0.251 e. The van der Waals surface area contributed by atoms with Gasteiger partial charge in [-0.05, 0) is 50.3 Å². The molecule has 0 radical (unpaired) electrons. The molecule has 1 amide bonds. The van der Waals surface area contributed by atoms with E-state index >= 15 is 0 Å². The van der Waals surface area contributed by atoms with E-state index in [0.717, 1.165) is 34.8 Å². The Balaban J connectivity index is 1.85. The van der Waals surface area contributed by atoms with Crippen molar-refractivity contribution in [2.75, 3.05) is 20.1 Å². The molecule has 112 valence electrons. The number of nitrogens with zero attached hydrogens (tertiary/aromatic N) is 1. The Morgan fingerprint density at radius 1 is 1.00 bits per heavy atom. The lowest BCUT2D eigenvalue weighted by Gasteiger charge is -2.07. The number of para-hydroxylation sites is 1. The second-order valence-electron chi connectivity index (χ2n) is 5.30. The zero-order valence-corrected chi connectivity index (χ0v) is 12.6. The van der Waals surface area contributed by atoms with Gasteiger partial charge in [0, 0.05) is 22.9 Å². The van der Waals surface area contributed by atoms with Crippen LogP contribution in [0.25, 0.3) is 21.8 Å². The van der Waals surface area contributed by atoms with E-state index in [1.54, 1.807) is 0 Å². The van der Waals surface area contributed by atoms with Crippen molar-refractivity contribution in [2.24, 2.45) is 0 Å². The molecule has 0 aliphatic heterocycles. The summed E-state index contributed by atoms with van der Waals surface area (Å²) in [6, 6.07) is 15.7.